The molecule has 2 N–H and O–H groups in total. The van der Waals surface area contributed by atoms with Crippen LogP contribution in [-0.4, -0.2) is 17.4 Å². The standard InChI is InChI=1S/C18H21N3S/c1-3-12-19-18(22)21-20-17(15-9-5-4-6-10-15)16-11-7-8-14(2)13-16/h3-11,14H,1,12-13H2,2H3,(H2,19,21,22)/b20-17+. The Hall–Kier alpha value is -2.20. The van der Waals surface area contributed by atoms with Gasteiger partial charge in [0.1, 0.15) is 0 Å². The van der Waals surface area contributed by atoms with Crippen molar-refractivity contribution in [3.8, 4) is 0 Å². The molecule has 4 heteroatoms. The van der Waals surface area contributed by atoms with E-state index in [0.29, 0.717) is 17.6 Å². The van der Waals surface area contributed by atoms with E-state index < -0.39 is 0 Å². The molecule has 1 aromatic carbocycles. The van der Waals surface area contributed by atoms with Crippen molar-refractivity contribution in [3.63, 3.8) is 0 Å². The molecule has 1 aliphatic rings. The first kappa shape index (κ1) is 16.2. The Bertz CT molecular complexity index is 614. The van der Waals surface area contributed by atoms with Gasteiger partial charge >= 0.3 is 0 Å². The fourth-order valence-corrected chi connectivity index (χ4v) is 2.38. The number of hydrazone groups is 1. The van der Waals surface area contributed by atoms with Crippen LogP contribution >= 0.6 is 12.2 Å². The number of rotatable bonds is 5. The highest BCUT2D eigenvalue weighted by Gasteiger charge is 2.14. The van der Waals surface area contributed by atoms with Gasteiger partial charge in [0.2, 0.25) is 0 Å². The Kier molecular flexibility index (Phi) is 6.10. The molecule has 0 saturated carbocycles. The fourth-order valence-electron chi connectivity index (χ4n) is 2.25. The lowest BCUT2D eigenvalue weighted by molar-refractivity contribution is 0.722. The smallest absolute Gasteiger partial charge is 0.187 e. The van der Waals surface area contributed by atoms with Gasteiger partial charge in [0, 0.05) is 12.1 Å². The van der Waals surface area contributed by atoms with Gasteiger partial charge in [-0.15, -0.1) is 6.58 Å². The van der Waals surface area contributed by atoms with Crippen LogP contribution < -0.4 is 10.7 Å². The average molecular weight is 311 g/mol. The van der Waals surface area contributed by atoms with Gasteiger partial charge in [0.25, 0.3) is 0 Å². The molecule has 0 amide bonds. The highest BCUT2D eigenvalue weighted by molar-refractivity contribution is 7.80. The highest BCUT2D eigenvalue weighted by Crippen LogP contribution is 2.22. The summed E-state index contributed by atoms with van der Waals surface area (Å²) in [5.74, 6) is 0.514. The van der Waals surface area contributed by atoms with Gasteiger partial charge in [-0.1, -0.05) is 61.6 Å². The summed E-state index contributed by atoms with van der Waals surface area (Å²) < 4.78 is 0. The fraction of sp³-hybridized carbons (Fsp3) is 0.222. The third-order valence-electron chi connectivity index (χ3n) is 3.31. The van der Waals surface area contributed by atoms with Crippen LogP contribution in [0, 0.1) is 5.92 Å². The monoisotopic (exact) mass is 311 g/mol. The number of thiocarbonyl (C=S) groups is 1. The van der Waals surface area contributed by atoms with Crippen LogP contribution in [-0.2, 0) is 0 Å². The summed E-state index contributed by atoms with van der Waals surface area (Å²) in [5.41, 5.74) is 6.14. The molecule has 114 valence electrons. The predicted octanol–water partition coefficient (Wildman–Crippen LogP) is 3.56. The maximum Gasteiger partial charge on any atom is 0.187 e. The van der Waals surface area contributed by atoms with Gasteiger partial charge in [0.15, 0.2) is 5.11 Å². The van der Waals surface area contributed by atoms with Crippen LogP contribution in [0.25, 0.3) is 0 Å². The van der Waals surface area contributed by atoms with E-state index in [1.54, 1.807) is 6.08 Å². The zero-order chi connectivity index (χ0) is 15.8. The summed E-state index contributed by atoms with van der Waals surface area (Å²) in [5, 5.41) is 8.04. The van der Waals surface area contributed by atoms with Gasteiger partial charge in [-0.25, -0.2) is 0 Å². The molecule has 0 saturated heterocycles. The Morgan fingerprint density at radius 1 is 1.41 bits per heavy atom. The molecule has 22 heavy (non-hydrogen) atoms. The molecule has 1 aliphatic carbocycles. The lowest BCUT2D eigenvalue weighted by Gasteiger charge is -2.17. The van der Waals surface area contributed by atoms with Crippen molar-refractivity contribution >= 4 is 23.0 Å². The van der Waals surface area contributed by atoms with Crippen LogP contribution in [0.1, 0.15) is 18.9 Å². The second-order valence-electron chi connectivity index (χ2n) is 5.20. The maximum absolute atomic E-state index is 5.20. The van der Waals surface area contributed by atoms with Crippen LogP contribution in [0.2, 0.25) is 0 Å². The highest BCUT2D eigenvalue weighted by atomic mass is 32.1. The molecule has 1 aromatic rings. The summed E-state index contributed by atoms with van der Waals surface area (Å²) in [6, 6.07) is 10.2. The third kappa shape index (κ3) is 4.67. The molecule has 0 heterocycles. The van der Waals surface area contributed by atoms with Gasteiger partial charge in [0.05, 0.1) is 5.71 Å². The maximum atomic E-state index is 5.20. The van der Waals surface area contributed by atoms with E-state index in [0.717, 1.165) is 17.7 Å². The van der Waals surface area contributed by atoms with Crippen LogP contribution in [0.4, 0.5) is 0 Å². The van der Waals surface area contributed by atoms with Crippen LogP contribution in [0.5, 0.6) is 0 Å². The lowest BCUT2D eigenvalue weighted by atomic mass is 9.90. The number of hydrogen-bond donors (Lipinski definition) is 2. The van der Waals surface area contributed by atoms with Gasteiger partial charge < -0.3 is 5.32 Å². The molecular weight excluding hydrogens is 290 g/mol. The van der Waals surface area contributed by atoms with Crippen molar-refractivity contribution in [1.29, 1.82) is 0 Å². The first-order valence-electron chi connectivity index (χ1n) is 7.36. The van der Waals surface area contributed by atoms with E-state index in [9.17, 15) is 0 Å². The number of allylic oxidation sites excluding steroid dienone is 4. The molecule has 3 nitrogen and oxygen atoms in total. The summed E-state index contributed by atoms with van der Waals surface area (Å²) in [4.78, 5) is 0. The van der Waals surface area contributed by atoms with E-state index in [4.69, 9.17) is 12.2 Å². The van der Waals surface area contributed by atoms with Crippen molar-refractivity contribution < 1.29 is 0 Å². The third-order valence-corrected chi connectivity index (χ3v) is 3.54. The molecule has 0 aliphatic heterocycles. The molecule has 2 rings (SSSR count). The predicted molar refractivity (Wildman–Crippen MR) is 97.9 cm³/mol. The molecule has 0 aromatic heterocycles. The summed E-state index contributed by atoms with van der Waals surface area (Å²) in [6.45, 7) is 6.47. The van der Waals surface area contributed by atoms with Crippen molar-refractivity contribution in [3.05, 3.63) is 72.4 Å². The van der Waals surface area contributed by atoms with Crippen molar-refractivity contribution in [2.75, 3.05) is 6.54 Å². The summed E-state index contributed by atoms with van der Waals surface area (Å²) in [7, 11) is 0. The lowest BCUT2D eigenvalue weighted by Crippen LogP contribution is -2.33. The number of nitrogens with one attached hydrogen (secondary N) is 2. The van der Waals surface area contributed by atoms with E-state index >= 15 is 0 Å². The SMILES string of the molecule is C=CCNC(=S)N/N=C(/C1=CC=CC(C)C1)c1ccccc1. The first-order chi connectivity index (χ1) is 10.7. The first-order valence-corrected chi connectivity index (χ1v) is 7.77. The Labute approximate surface area is 137 Å². The summed E-state index contributed by atoms with van der Waals surface area (Å²) >= 11 is 5.20. The number of hydrogen-bond acceptors (Lipinski definition) is 2. The largest absolute Gasteiger partial charge is 0.358 e. The minimum Gasteiger partial charge on any atom is -0.358 e. The van der Waals surface area contributed by atoms with Gasteiger partial charge in [-0.2, -0.15) is 5.10 Å². The average Bonchev–Trinajstić information content (AvgIpc) is 2.54. The van der Waals surface area contributed by atoms with Crippen molar-refractivity contribution in [2.24, 2.45) is 11.0 Å². The van der Waals surface area contributed by atoms with E-state index in [1.807, 2.05) is 18.2 Å². The molecule has 0 bridgehead atoms. The minimum absolute atomic E-state index is 0.494. The van der Waals surface area contributed by atoms with Crippen LogP contribution in [0.15, 0.2) is 71.9 Å². The van der Waals surface area contributed by atoms with E-state index in [2.05, 4.69) is 59.7 Å². The van der Waals surface area contributed by atoms with Crippen molar-refractivity contribution in [2.45, 2.75) is 13.3 Å². The normalized spacial score (nSPS) is 17.6. The van der Waals surface area contributed by atoms with Gasteiger partial charge in [-0.3, -0.25) is 5.43 Å². The second kappa shape index (κ2) is 8.29. The van der Waals surface area contributed by atoms with Gasteiger partial charge in [-0.05, 0) is 30.1 Å². The molecule has 1 atom stereocenters. The quantitative estimate of drug-likeness (QED) is 0.378. The van der Waals surface area contributed by atoms with E-state index in [1.165, 1.54) is 5.57 Å². The Morgan fingerprint density at radius 3 is 2.86 bits per heavy atom. The van der Waals surface area contributed by atoms with Crippen LogP contribution in [0.3, 0.4) is 0 Å². The van der Waals surface area contributed by atoms with Crippen molar-refractivity contribution in [1.82, 2.24) is 10.7 Å². The zero-order valence-corrected chi connectivity index (χ0v) is 13.6. The molecular formula is C18H21N3S. The number of nitrogens with zero attached hydrogens (tertiary/aromatic N) is 1. The molecule has 0 fully saturated rings. The molecule has 1 unspecified atom stereocenters. The zero-order valence-electron chi connectivity index (χ0n) is 12.8. The number of benzene rings is 1. The Morgan fingerprint density at radius 2 is 2.18 bits per heavy atom. The second-order valence-corrected chi connectivity index (χ2v) is 5.60. The topological polar surface area (TPSA) is 36.4 Å². The summed E-state index contributed by atoms with van der Waals surface area (Å²) in [6.07, 6.45) is 9.14. The molecule has 0 radical (unpaired) electrons. The molecule has 0 spiro atoms. The van der Waals surface area contributed by atoms with E-state index in [-0.39, 0.29) is 0 Å². The Balaban J connectivity index is 2.22. The minimum atomic E-state index is 0.494.